The number of carbonyl (C=O) groups is 6. The number of benzene rings is 2. The zero-order valence-electron chi connectivity index (χ0n) is 57.4. The van der Waals surface area contributed by atoms with E-state index in [0.717, 1.165) is 29.4 Å². The van der Waals surface area contributed by atoms with Gasteiger partial charge in [0.05, 0.1) is 18.3 Å². The fourth-order valence-electron chi connectivity index (χ4n) is 22.1. The van der Waals surface area contributed by atoms with E-state index >= 15 is 26.3 Å². The molecule has 14 nitrogen and oxygen atoms in total. The van der Waals surface area contributed by atoms with Crippen molar-refractivity contribution in [3.63, 3.8) is 0 Å². The third-order valence-electron chi connectivity index (χ3n) is 27.0. The van der Waals surface area contributed by atoms with Crippen LogP contribution in [0.15, 0.2) is 143 Å². The van der Waals surface area contributed by atoms with Crippen LogP contribution in [0.2, 0.25) is 10.0 Å². The van der Waals surface area contributed by atoms with Crippen LogP contribution < -0.4 is 5.48 Å². The van der Waals surface area contributed by atoms with E-state index in [4.69, 9.17) is 33.2 Å². The van der Waals surface area contributed by atoms with Crippen LogP contribution in [-0.4, -0.2) is 151 Å². The van der Waals surface area contributed by atoms with Crippen LogP contribution in [-0.2, 0) is 46.7 Å². The minimum atomic E-state index is -2.26. The van der Waals surface area contributed by atoms with Crippen molar-refractivity contribution >= 4 is 57.9 Å². The van der Waals surface area contributed by atoms with Gasteiger partial charge in [0, 0.05) is 91.4 Å². The lowest BCUT2D eigenvalue weighted by molar-refractivity contribution is -0.269. The van der Waals surface area contributed by atoms with Gasteiger partial charge in [-0.15, -0.1) is 0 Å². The van der Waals surface area contributed by atoms with Gasteiger partial charge in [-0.25, -0.2) is 40.6 Å². The van der Waals surface area contributed by atoms with E-state index in [1.54, 1.807) is 69.2 Å². The summed E-state index contributed by atoms with van der Waals surface area (Å²) in [6, 6.07) is 14.5. The van der Waals surface area contributed by atoms with E-state index in [2.05, 4.69) is 5.48 Å². The number of hydrogen-bond acceptors (Lipinski definition) is 14. The molecule has 0 aromatic heterocycles. The van der Waals surface area contributed by atoms with E-state index in [1.165, 1.54) is 50.3 Å². The van der Waals surface area contributed by atoms with Crippen LogP contribution in [0.3, 0.4) is 0 Å². The van der Waals surface area contributed by atoms with Gasteiger partial charge in [-0.05, 0) is 190 Å². The molecule has 1 heterocycles. The maximum atomic E-state index is 17.4. The molecule has 0 radical (unpaired) electrons. The number of carbonyl (C=O) groups excluding carboxylic acids is 6. The van der Waals surface area contributed by atoms with Gasteiger partial charge < -0.3 is 25.6 Å². The lowest BCUT2D eigenvalue weighted by Crippen LogP contribution is -2.70. The lowest BCUT2D eigenvalue weighted by Gasteiger charge is -2.63. The second kappa shape index (κ2) is 26.8. The predicted molar refractivity (Wildman–Crippen MR) is 362 cm³/mol. The van der Waals surface area contributed by atoms with Crippen molar-refractivity contribution in [1.29, 1.82) is 0 Å². The number of hydroxylamine groups is 3. The van der Waals surface area contributed by atoms with Gasteiger partial charge in [-0.1, -0.05) is 98.6 Å². The van der Waals surface area contributed by atoms with E-state index in [0.29, 0.717) is 54.5 Å². The van der Waals surface area contributed by atoms with Gasteiger partial charge in [0.25, 0.3) is 0 Å². The first-order valence-electron chi connectivity index (χ1n) is 34.8. The molecule has 0 spiro atoms. The first-order valence-corrected chi connectivity index (χ1v) is 35.6. The summed E-state index contributed by atoms with van der Waals surface area (Å²) in [6.07, 6.45) is 6.05. The third kappa shape index (κ3) is 11.1. The molecule has 1 aliphatic heterocycles. The molecule has 0 unspecified atom stereocenters. The third-order valence-corrected chi connectivity index (χ3v) is 27.5. The number of nitrogens with zero attached hydrogens (tertiary/aromatic N) is 1. The molecule has 0 bridgehead atoms. The number of Topliss-reactive ketones (excluding diaryl/α,β-unsaturated/α-hetero) is 3. The van der Waals surface area contributed by atoms with Crippen LogP contribution in [0.5, 0.6) is 0 Å². The maximum absolute atomic E-state index is 17.4. The molecule has 8 fully saturated rings. The Morgan fingerprint density at radius 1 is 0.559 bits per heavy atom. The SMILES string of the molecule is C[C@]12C=CC(=O)C=C1[C@@H](F)C[C@H]1[C@@H]3CC=C(C(=O)CF)[C@@]3(C)C[C@H](O)[C@@]12F.C[C@]12C=CC(=O)C=C1[C@@H](F)C[C@H]1[C@@H]3CC=C(C(=O)CO)[C@@]3(C)C[C@H](O)[C@@]12F.C[C@]12C=CC(=O)C=C1[C@@H](F)C[C@H]1[C@@H]3C[C@H]4CN(Cc5ccc(Cl)cc5)O[C@@]4(C(=O)CF)[C@@]3(C)C[C@H](O)[C@@]12F.ONCc1ccc(Cl)cc1. The average Bonchev–Trinajstić information content (AvgIpc) is 1.39. The summed E-state index contributed by atoms with van der Waals surface area (Å²) in [4.78, 5) is 79.6. The summed E-state index contributed by atoms with van der Waals surface area (Å²) >= 11 is 11.6. The standard InChI is InChI=1S/C29H31ClF3NO4.C21H23F3O3.C21H24F2O4.C7H8ClNO/c1-26-8-7-19(35)10-22(26)23(32)11-21-20-9-17-15-34(14-16-3-5-18(30)6-4-16)38-29(17,25(37)13-31)27(20,2)12-24(36)28(21,26)33;1-19-9-18(27)21(24)14(12(19)3-4-13(19)17(26)10-22)8-16(23)15-7-11(25)5-6-20(15,21)2;1-19-9-18(27)21(23)14(12(19)3-4-13(19)17(26)10-24)8-16(22)15-7-11(25)5-6-20(15,21)2;8-7-3-1-6(2-4-7)5-9-10/h3-8,10,17,20-21,23-24,36H,9,11-15H2,1-2H3;4-7,12,14,16,18,27H,3,8-10H2,1-2H3;4-7,12,14,16,18,24,27H,3,8-10H2,1-2H3;1-4,9-10H,5H2/t17-,20-,21-,23-,24-,26-,27-,28-,29-;2*12-,14-,16-,18-,19-,20-,21-;/m000./s1. The number of ketones is 6. The highest BCUT2D eigenvalue weighted by Crippen LogP contribution is 2.74. The smallest absolute Gasteiger partial charge is 0.198 e. The molecule has 7 saturated carbocycles. The second-order valence-electron chi connectivity index (χ2n) is 31.6. The molecule has 2 aromatic rings. The zero-order valence-corrected chi connectivity index (χ0v) is 58.9. The van der Waals surface area contributed by atoms with Crippen LogP contribution in [0, 0.1) is 73.9 Å². The van der Waals surface area contributed by atoms with Gasteiger partial charge in [0.1, 0.15) is 25.1 Å². The van der Waals surface area contributed by atoms with Crippen LogP contribution in [0.1, 0.15) is 110 Å². The van der Waals surface area contributed by atoms with E-state index in [9.17, 15) is 58.0 Å². The molecule has 15 rings (SSSR count). The van der Waals surface area contributed by atoms with Gasteiger partial charge in [-0.3, -0.25) is 33.6 Å². The highest BCUT2D eigenvalue weighted by Gasteiger charge is 2.80. The van der Waals surface area contributed by atoms with Gasteiger partial charge in [0.15, 0.2) is 70.7 Å². The average molecular weight is 1470 g/mol. The minimum absolute atomic E-state index is 0.0177. The van der Waals surface area contributed by atoms with E-state index < -0.39 is 171 Å². The number of alkyl halides is 8. The van der Waals surface area contributed by atoms with Crippen molar-refractivity contribution in [2.75, 3.05) is 26.5 Å². The number of fused-ring (bicyclic) bond motifs is 17. The van der Waals surface area contributed by atoms with Crippen molar-refractivity contribution in [3.8, 4) is 0 Å². The Labute approximate surface area is 596 Å². The molecule has 0 amide bonds. The number of aliphatic hydroxyl groups is 4. The topological polar surface area (TPSA) is 228 Å². The van der Waals surface area contributed by atoms with Gasteiger partial charge in [-0.2, -0.15) is 5.06 Å². The summed E-state index contributed by atoms with van der Waals surface area (Å²) in [7, 11) is 0. The summed E-state index contributed by atoms with van der Waals surface area (Å²) in [5.41, 5.74) is -10.4. The number of hydrogen-bond donors (Lipinski definition) is 6. The Bertz CT molecular complexity index is 3900. The summed E-state index contributed by atoms with van der Waals surface area (Å²) in [6.45, 7) is 8.00. The molecule has 2 aromatic carbocycles. The molecule has 6 N–H and O–H groups in total. The fraction of sp³-hybridized carbons (Fsp3) is 0.564. The molecular weight excluding hydrogens is 1380 g/mol. The predicted octanol–water partition coefficient (Wildman–Crippen LogP) is 12.5. The van der Waals surface area contributed by atoms with Gasteiger partial charge >= 0.3 is 0 Å². The summed E-state index contributed by atoms with van der Waals surface area (Å²) in [5, 5.41) is 53.9. The highest BCUT2D eigenvalue weighted by molar-refractivity contribution is 6.30. The van der Waals surface area contributed by atoms with Crippen LogP contribution in [0.4, 0.5) is 35.1 Å². The zero-order chi connectivity index (χ0) is 74.2. The molecule has 12 aliphatic carbocycles. The normalized spacial score (nSPS) is 43.6. The number of halogens is 10. The molecule has 13 aliphatic rings. The van der Waals surface area contributed by atoms with E-state index in [-0.39, 0.29) is 78.3 Å². The van der Waals surface area contributed by atoms with Gasteiger partial charge in [0.2, 0.25) is 0 Å². The fourth-order valence-corrected chi connectivity index (χ4v) is 22.3. The van der Waals surface area contributed by atoms with Crippen LogP contribution >= 0.6 is 23.2 Å². The Morgan fingerprint density at radius 3 is 1.34 bits per heavy atom. The quantitative estimate of drug-likeness (QED) is 0.0961. The Hall–Kier alpha value is -5.92. The molecule has 550 valence electrons. The number of rotatable bonds is 10. The van der Waals surface area contributed by atoms with Crippen LogP contribution in [0.25, 0.3) is 0 Å². The molecular formula is C78H86Cl2F8N2O12. The van der Waals surface area contributed by atoms with Crippen molar-refractivity contribution in [2.45, 2.75) is 172 Å². The Balaban J connectivity index is 0.000000137. The Morgan fingerprint density at radius 2 is 0.951 bits per heavy atom. The molecule has 102 heavy (non-hydrogen) atoms. The molecule has 23 atom stereocenters. The first kappa shape index (κ1) is 75.8. The van der Waals surface area contributed by atoms with E-state index in [1.807, 2.05) is 24.3 Å². The van der Waals surface area contributed by atoms with Crippen molar-refractivity contribution < 1.29 is 94.4 Å². The monoisotopic (exact) mass is 1460 g/mol. The number of nitrogens with one attached hydrogen (secondary N) is 1. The first-order chi connectivity index (χ1) is 47.9. The maximum Gasteiger partial charge on any atom is 0.198 e. The number of aliphatic hydroxyl groups excluding tert-OH is 4. The van der Waals surface area contributed by atoms with Crippen molar-refractivity contribution in [2.24, 2.45) is 73.9 Å². The van der Waals surface area contributed by atoms with Crippen molar-refractivity contribution in [3.05, 3.63) is 164 Å². The highest BCUT2D eigenvalue weighted by atomic mass is 35.5. The van der Waals surface area contributed by atoms with Crippen molar-refractivity contribution in [1.82, 2.24) is 10.5 Å². The molecule has 24 heteroatoms. The largest absolute Gasteiger partial charge is 0.390 e. The second-order valence-corrected chi connectivity index (χ2v) is 32.5. The summed E-state index contributed by atoms with van der Waals surface area (Å²) in [5.74, 6) is -7.31. The molecule has 1 saturated heterocycles. The lowest BCUT2D eigenvalue weighted by atomic mass is 9.44. The summed E-state index contributed by atoms with van der Waals surface area (Å²) < 4.78 is 124. The Kier molecular flexibility index (Phi) is 19.9. The minimum Gasteiger partial charge on any atom is -0.390 e. The number of allylic oxidation sites excluding steroid dienone is 15.